The van der Waals surface area contributed by atoms with Crippen LogP contribution in [-0.4, -0.2) is 8.80 Å². The lowest BCUT2D eigenvalue weighted by Gasteiger charge is -2.24. The van der Waals surface area contributed by atoms with Crippen LogP contribution in [0.2, 0.25) is 0 Å². The van der Waals surface area contributed by atoms with E-state index in [0.717, 1.165) is 0 Å². The van der Waals surface area contributed by atoms with Crippen molar-refractivity contribution in [1.82, 2.24) is 0 Å². The standard InChI is InChI=1S/C30H40Si/c1-28(2,3)22-10-16-25(17-11-22)31(26-18-12-23(13-19-26)29(4,5)6)27-20-14-24(15-21-27)30(7,8)9/h10-21,31H,1-9H3. The lowest BCUT2D eigenvalue weighted by atomic mass is 9.87. The Morgan fingerprint density at radius 1 is 0.355 bits per heavy atom. The summed E-state index contributed by atoms with van der Waals surface area (Å²) in [5.41, 5.74) is 4.73. The Kier molecular flexibility index (Phi) is 6.40. The molecule has 0 N–H and O–H groups in total. The number of hydrogen-bond acceptors (Lipinski definition) is 0. The molecule has 0 atom stereocenters. The van der Waals surface area contributed by atoms with E-state index in [4.69, 9.17) is 0 Å². The minimum atomic E-state index is -1.53. The predicted molar refractivity (Wildman–Crippen MR) is 141 cm³/mol. The maximum atomic E-state index is 2.38. The summed E-state index contributed by atoms with van der Waals surface area (Å²) in [5, 5.41) is 4.46. The van der Waals surface area contributed by atoms with Crippen molar-refractivity contribution < 1.29 is 0 Å². The van der Waals surface area contributed by atoms with Crippen molar-refractivity contribution in [3.8, 4) is 0 Å². The first-order valence-corrected chi connectivity index (χ1v) is 13.3. The van der Waals surface area contributed by atoms with Crippen LogP contribution in [0.3, 0.4) is 0 Å². The zero-order valence-electron chi connectivity index (χ0n) is 21.0. The third kappa shape index (κ3) is 5.57. The normalized spacial score (nSPS) is 13.0. The Bertz CT molecular complexity index is 850. The molecule has 0 bridgehead atoms. The van der Waals surface area contributed by atoms with Gasteiger partial charge in [-0.3, -0.25) is 0 Å². The first kappa shape index (κ1) is 23.5. The molecule has 3 aromatic carbocycles. The highest BCUT2D eigenvalue weighted by molar-refractivity contribution is 6.95. The van der Waals surface area contributed by atoms with E-state index in [1.165, 1.54) is 32.3 Å². The lowest BCUT2D eigenvalue weighted by molar-refractivity contribution is 0.590. The Morgan fingerprint density at radius 2 is 0.548 bits per heavy atom. The van der Waals surface area contributed by atoms with E-state index in [0.29, 0.717) is 0 Å². The minimum absolute atomic E-state index is 0.179. The molecule has 1 heteroatoms. The summed E-state index contributed by atoms with van der Waals surface area (Å²) < 4.78 is 0. The van der Waals surface area contributed by atoms with Crippen LogP contribution in [0.1, 0.15) is 79.0 Å². The van der Waals surface area contributed by atoms with Crippen molar-refractivity contribution in [3.63, 3.8) is 0 Å². The maximum absolute atomic E-state index is 2.38. The molecule has 164 valence electrons. The van der Waals surface area contributed by atoms with Gasteiger partial charge in [-0.15, -0.1) is 0 Å². The highest BCUT2D eigenvalue weighted by Gasteiger charge is 2.23. The van der Waals surface area contributed by atoms with Crippen molar-refractivity contribution in [1.29, 1.82) is 0 Å². The van der Waals surface area contributed by atoms with Gasteiger partial charge < -0.3 is 0 Å². The molecule has 3 rings (SSSR count). The molecule has 0 saturated carbocycles. The summed E-state index contributed by atoms with van der Waals surface area (Å²) >= 11 is 0. The van der Waals surface area contributed by atoms with Gasteiger partial charge in [-0.05, 0) is 32.9 Å². The summed E-state index contributed by atoms with van der Waals surface area (Å²) in [6.07, 6.45) is 0. The van der Waals surface area contributed by atoms with Crippen LogP contribution in [0.15, 0.2) is 72.8 Å². The average molecular weight is 429 g/mol. The Balaban J connectivity index is 2.08. The number of rotatable bonds is 3. The molecule has 0 aliphatic heterocycles. The van der Waals surface area contributed by atoms with E-state index in [2.05, 4.69) is 135 Å². The van der Waals surface area contributed by atoms with Crippen molar-refractivity contribution in [2.24, 2.45) is 0 Å². The van der Waals surface area contributed by atoms with Crippen LogP contribution in [-0.2, 0) is 16.2 Å². The SMILES string of the molecule is CC(C)(C)c1ccc([SiH](c2ccc(C(C)(C)C)cc2)c2ccc(C(C)(C)C)cc2)cc1. The molecule has 0 fully saturated rings. The van der Waals surface area contributed by atoms with E-state index in [9.17, 15) is 0 Å². The fraction of sp³-hybridized carbons (Fsp3) is 0.400. The summed E-state index contributed by atoms with van der Waals surface area (Å²) in [5.74, 6) is 0. The van der Waals surface area contributed by atoms with Gasteiger partial charge in [0.05, 0.1) is 0 Å². The highest BCUT2D eigenvalue weighted by atomic mass is 28.3. The summed E-state index contributed by atoms with van der Waals surface area (Å²) in [6.45, 7) is 20.6. The lowest BCUT2D eigenvalue weighted by Crippen LogP contribution is -2.52. The van der Waals surface area contributed by atoms with Gasteiger partial charge in [-0.2, -0.15) is 0 Å². The predicted octanol–water partition coefficient (Wildman–Crippen LogP) is 5.83. The van der Waals surface area contributed by atoms with Gasteiger partial charge in [-0.1, -0.05) is 151 Å². The van der Waals surface area contributed by atoms with Gasteiger partial charge >= 0.3 is 0 Å². The van der Waals surface area contributed by atoms with Gasteiger partial charge in [-0.25, -0.2) is 0 Å². The van der Waals surface area contributed by atoms with Gasteiger partial charge in [0, 0.05) is 0 Å². The number of hydrogen-bond donors (Lipinski definition) is 0. The smallest absolute Gasteiger partial charge is 0.0622 e. The summed E-state index contributed by atoms with van der Waals surface area (Å²) in [7, 11) is -1.53. The van der Waals surface area contributed by atoms with Crippen LogP contribution >= 0.6 is 0 Å². The van der Waals surface area contributed by atoms with Crippen LogP contribution in [0.4, 0.5) is 0 Å². The second-order valence-corrected chi connectivity index (χ2v) is 14.9. The molecule has 3 aromatic rings. The molecule has 0 amide bonds. The molecule has 31 heavy (non-hydrogen) atoms. The van der Waals surface area contributed by atoms with Crippen molar-refractivity contribution in [2.45, 2.75) is 78.6 Å². The molecule has 0 nitrogen and oxygen atoms in total. The van der Waals surface area contributed by atoms with E-state index < -0.39 is 8.80 Å². The highest BCUT2D eigenvalue weighted by Crippen LogP contribution is 2.23. The molecule has 0 spiro atoms. The molecule has 0 aliphatic rings. The molecule has 0 heterocycles. The molecule has 0 aliphatic carbocycles. The van der Waals surface area contributed by atoms with Crippen molar-refractivity contribution in [2.75, 3.05) is 0 Å². The van der Waals surface area contributed by atoms with E-state index in [-0.39, 0.29) is 16.2 Å². The zero-order chi connectivity index (χ0) is 23.0. The Hall–Kier alpha value is -2.12. The summed E-state index contributed by atoms with van der Waals surface area (Å²) in [4.78, 5) is 0. The maximum Gasteiger partial charge on any atom is 0.132 e. The monoisotopic (exact) mass is 428 g/mol. The Labute approximate surface area is 192 Å². The fourth-order valence-corrected chi connectivity index (χ4v) is 6.99. The third-order valence-electron chi connectivity index (χ3n) is 6.33. The first-order chi connectivity index (χ1) is 14.3. The summed E-state index contributed by atoms with van der Waals surface area (Å²) in [6, 6.07) is 28.3. The largest absolute Gasteiger partial charge is 0.132 e. The Morgan fingerprint density at radius 3 is 0.710 bits per heavy atom. The number of benzene rings is 3. The topological polar surface area (TPSA) is 0 Å². The van der Waals surface area contributed by atoms with Crippen molar-refractivity contribution in [3.05, 3.63) is 89.5 Å². The van der Waals surface area contributed by atoms with Crippen LogP contribution in [0.5, 0.6) is 0 Å². The van der Waals surface area contributed by atoms with Gasteiger partial charge in [0.15, 0.2) is 0 Å². The zero-order valence-corrected chi connectivity index (χ0v) is 22.2. The molecular formula is C30H40Si. The minimum Gasteiger partial charge on any atom is -0.0622 e. The molecule has 0 unspecified atom stereocenters. The fourth-order valence-electron chi connectivity index (χ4n) is 4.10. The first-order valence-electron chi connectivity index (χ1n) is 11.6. The van der Waals surface area contributed by atoms with Crippen molar-refractivity contribution >= 4 is 24.4 Å². The van der Waals surface area contributed by atoms with E-state index >= 15 is 0 Å². The van der Waals surface area contributed by atoms with Crippen LogP contribution in [0.25, 0.3) is 0 Å². The van der Waals surface area contributed by atoms with Gasteiger partial charge in [0.2, 0.25) is 0 Å². The average Bonchev–Trinajstić information content (AvgIpc) is 2.67. The third-order valence-corrected chi connectivity index (χ3v) is 9.48. The van der Waals surface area contributed by atoms with Gasteiger partial charge in [0.25, 0.3) is 0 Å². The van der Waals surface area contributed by atoms with Crippen LogP contribution in [0, 0.1) is 0 Å². The second kappa shape index (κ2) is 8.43. The van der Waals surface area contributed by atoms with Gasteiger partial charge in [0.1, 0.15) is 8.80 Å². The molecule has 0 saturated heterocycles. The molecule has 0 radical (unpaired) electrons. The molecule has 0 aromatic heterocycles. The second-order valence-electron chi connectivity index (χ2n) is 12.0. The van der Waals surface area contributed by atoms with Crippen LogP contribution < -0.4 is 15.6 Å². The van der Waals surface area contributed by atoms with E-state index in [1.807, 2.05) is 0 Å². The quantitative estimate of drug-likeness (QED) is 0.364. The molecular weight excluding hydrogens is 388 g/mol. The van der Waals surface area contributed by atoms with E-state index in [1.54, 1.807) is 0 Å².